The van der Waals surface area contributed by atoms with Crippen molar-refractivity contribution >= 4 is 35.8 Å². The molecule has 0 bridgehead atoms. The summed E-state index contributed by atoms with van der Waals surface area (Å²) in [7, 11) is 0. The molecule has 142 valence electrons. The highest BCUT2D eigenvalue weighted by Crippen LogP contribution is 2.29. The van der Waals surface area contributed by atoms with Gasteiger partial charge < -0.3 is 16.0 Å². The minimum atomic E-state index is -0.215. The van der Waals surface area contributed by atoms with Crippen molar-refractivity contribution in [3.05, 3.63) is 0 Å². The maximum absolute atomic E-state index is 11.9. The van der Waals surface area contributed by atoms with Crippen molar-refractivity contribution in [2.24, 2.45) is 16.8 Å². The summed E-state index contributed by atoms with van der Waals surface area (Å²) >= 11 is 0. The second-order valence-corrected chi connectivity index (χ2v) is 7.99. The molecule has 0 aromatic carbocycles. The van der Waals surface area contributed by atoms with E-state index < -0.39 is 0 Å². The lowest BCUT2D eigenvalue weighted by Crippen LogP contribution is -2.46. The number of hydrogen-bond acceptors (Lipinski definition) is 2. The molecule has 0 aromatic rings. The van der Waals surface area contributed by atoms with Gasteiger partial charge in [-0.25, -0.2) is 4.99 Å². The van der Waals surface area contributed by atoms with E-state index in [2.05, 4.69) is 34.8 Å². The average molecular weight is 452 g/mol. The molecule has 0 saturated heterocycles. The summed E-state index contributed by atoms with van der Waals surface area (Å²) < 4.78 is 0. The molecule has 0 spiro atoms. The zero-order chi connectivity index (χ0) is 17.5. The third-order valence-corrected chi connectivity index (χ3v) is 4.29. The Morgan fingerprint density at radius 2 is 1.75 bits per heavy atom. The van der Waals surface area contributed by atoms with Crippen LogP contribution in [0, 0.1) is 11.8 Å². The van der Waals surface area contributed by atoms with Crippen LogP contribution < -0.4 is 16.0 Å². The molecule has 0 unspecified atom stereocenters. The molecule has 0 heterocycles. The highest BCUT2D eigenvalue weighted by molar-refractivity contribution is 14.0. The van der Waals surface area contributed by atoms with Gasteiger partial charge in [-0.3, -0.25) is 4.79 Å². The number of aliphatic imine (C=N–C) groups is 1. The van der Waals surface area contributed by atoms with Crippen molar-refractivity contribution in [3.63, 3.8) is 0 Å². The van der Waals surface area contributed by atoms with Crippen LogP contribution in [0.15, 0.2) is 4.99 Å². The summed E-state index contributed by atoms with van der Waals surface area (Å²) in [5.74, 6) is 2.34. The average Bonchev–Trinajstić information content (AvgIpc) is 2.44. The van der Waals surface area contributed by atoms with E-state index in [1.165, 1.54) is 25.7 Å². The van der Waals surface area contributed by atoms with Gasteiger partial charge in [-0.1, -0.05) is 13.8 Å². The first kappa shape index (κ1) is 23.5. The number of guanidine groups is 1. The molecule has 0 atom stereocenters. The summed E-state index contributed by atoms with van der Waals surface area (Å²) in [5, 5.41) is 9.67. The number of hydrogen-bond donors (Lipinski definition) is 3. The quantitative estimate of drug-likeness (QED) is 0.341. The molecule has 0 radical (unpaired) electrons. The van der Waals surface area contributed by atoms with E-state index in [-0.39, 0.29) is 42.0 Å². The van der Waals surface area contributed by atoms with E-state index >= 15 is 0 Å². The number of nitrogens with zero attached hydrogens (tertiary/aromatic N) is 1. The monoisotopic (exact) mass is 452 g/mol. The van der Waals surface area contributed by atoms with Crippen molar-refractivity contribution in [2.75, 3.05) is 13.1 Å². The Kier molecular flexibility index (Phi) is 10.9. The maximum Gasteiger partial charge on any atom is 0.242 e. The van der Waals surface area contributed by atoms with Crippen LogP contribution in [0.1, 0.15) is 67.2 Å². The first-order chi connectivity index (χ1) is 10.7. The van der Waals surface area contributed by atoms with Crippen LogP contribution in [0.4, 0.5) is 0 Å². The van der Waals surface area contributed by atoms with Crippen molar-refractivity contribution in [1.29, 1.82) is 0 Å². The molecule has 1 aliphatic carbocycles. The van der Waals surface area contributed by atoms with E-state index in [1.807, 2.05) is 27.7 Å². The molecule has 24 heavy (non-hydrogen) atoms. The minimum Gasteiger partial charge on any atom is -0.357 e. The van der Waals surface area contributed by atoms with Crippen LogP contribution in [0.25, 0.3) is 0 Å². The summed E-state index contributed by atoms with van der Waals surface area (Å²) in [4.78, 5) is 16.3. The SMILES string of the molecule is CCNC(=NCC(=O)NC(C)(C)C)NC1CCC(C(C)C)CC1.I. The molecule has 1 aliphatic rings. The van der Waals surface area contributed by atoms with Crippen LogP contribution >= 0.6 is 24.0 Å². The Balaban J connectivity index is 0.00000529. The van der Waals surface area contributed by atoms with Crippen LogP contribution in [-0.2, 0) is 4.79 Å². The van der Waals surface area contributed by atoms with E-state index in [4.69, 9.17) is 0 Å². The predicted octanol–water partition coefficient (Wildman–Crippen LogP) is 3.29. The van der Waals surface area contributed by atoms with Gasteiger partial charge in [0.25, 0.3) is 0 Å². The molecule has 3 N–H and O–H groups in total. The van der Waals surface area contributed by atoms with E-state index in [0.29, 0.717) is 6.04 Å². The van der Waals surface area contributed by atoms with Gasteiger partial charge >= 0.3 is 0 Å². The van der Waals surface area contributed by atoms with Crippen LogP contribution in [0.5, 0.6) is 0 Å². The fourth-order valence-corrected chi connectivity index (χ4v) is 3.05. The Labute approximate surface area is 165 Å². The highest BCUT2D eigenvalue weighted by Gasteiger charge is 2.23. The summed E-state index contributed by atoms with van der Waals surface area (Å²) in [6, 6.07) is 0.466. The van der Waals surface area contributed by atoms with Crippen LogP contribution in [-0.4, -0.2) is 36.5 Å². The van der Waals surface area contributed by atoms with Gasteiger partial charge in [0.15, 0.2) is 5.96 Å². The standard InChI is InChI=1S/C18H36N4O.HI/c1-7-19-17(20-12-16(23)22-18(4,5)6)21-15-10-8-14(9-11-15)13(2)3;/h13-15H,7-12H2,1-6H3,(H,22,23)(H2,19,20,21);1H. The van der Waals surface area contributed by atoms with Gasteiger partial charge in [-0.2, -0.15) is 0 Å². The fourth-order valence-electron chi connectivity index (χ4n) is 3.05. The second-order valence-electron chi connectivity index (χ2n) is 7.99. The summed E-state index contributed by atoms with van der Waals surface area (Å²) in [6.07, 6.45) is 4.92. The molecule has 1 amide bonds. The molecule has 1 saturated carbocycles. The number of rotatable bonds is 5. The van der Waals surface area contributed by atoms with Crippen LogP contribution in [0.2, 0.25) is 0 Å². The van der Waals surface area contributed by atoms with Gasteiger partial charge in [0, 0.05) is 18.1 Å². The molecule has 0 aromatic heterocycles. The van der Waals surface area contributed by atoms with E-state index in [0.717, 1.165) is 24.3 Å². The Bertz CT molecular complexity index is 396. The molecule has 1 fully saturated rings. The van der Waals surface area contributed by atoms with Crippen molar-refractivity contribution < 1.29 is 4.79 Å². The Morgan fingerprint density at radius 3 is 2.21 bits per heavy atom. The van der Waals surface area contributed by atoms with Crippen molar-refractivity contribution in [2.45, 2.75) is 78.8 Å². The third kappa shape index (κ3) is 9.69. The second kappa shape index (κ2) is 11.2. The van der Waals surface area contributed by atoms with E-state index in [9.17, 15) is 4.79 Å². The number of carbonyl (C=O) groups excluding carboxylic acids is 1. The van der Waals surface area contributed by atoms with Gasteiger partial charge in [-0.15, -0.1) is 24.0 Å². The molecular weight excluding hydrogens is 415 g/mol. The number of halogens is 1. The van der Waals surface area contributed by atoms with Gasteiger partial charge in [-0.05, 0) is 65.2 Å². The Morgan fingerprint density at radius 1 is 1.17 bits per heavy atom. The first-order valence-corrected chi connectivity index (χ1v) is 9.07. The third-order valence-electron chi connectivity index (χ3n) is 4.29. The predicted molar refractivity (Wildman–Crippen MR) is 113 cm³/mol. The number of nitrogens with one attached hydrogen (secondary N) is 3. The van der Waals surface area contributed by atoms with Crippen LogP contribution in [0.3, 0.4) is 0 Å². The maximum atomic E-state index is 11.9. The molecular formula is C18H37IN4O. The smallest absolute Gasteiger partial charge is 0.242 e. The molecule has 5 nitrogen and oxygen atoms in total. The van der Waals surface area contributed by atoms with Crippen molar-refractivity contribution in [3.8, 4) is 0 Å². The topological polar surface area (TPSA) is 65.5 Å². The lowest BCUT2D eigenvalue weighted by Gasteiger charge is -2.32. The normalized spacial score (nSPS) is 21.9. The van der Waals surface area contributed by atoms with Gasteiger partial charge in [0.05, 0.1) is 0 Å². The largest absolute Gasteiger partial charge is 0.357 e. The molecule has 6 heteroatoms. The van der Waals surface area contributed by atoms with Crippen molar-refractivity contribution in [1.82, 2.24) is 16.0 Å². The summed E-state index contributed by atoms with van der Waals surface area (Å²) in [5.41, 5.74) is -0.215. The number of amides is 1. The zero-order valence-corrected chi connectivity index (χ0v) is 18.6. The minimum absolute atomic E-state index is 0. The number of carbonyl (C=O) groups is 1. The lowest BCUT2D eigenvalue weighted by atomic mass is 9.80. The first-order valence-electron chi connectivity index (χ1n) is 9.07. The lowest BCUT2D eigenvalue weighted by molar-refractivity contribution is -0.121. The highest BCUT2D eigenvalue weighted by atomic mass is 127. The fraction of sp³-hybridized carbons (Fsp3) is 0.889. The van der Waals surface area contributed by atoms with Gasteiger partial charge in [0.1, 0.15) is 6.54 Å². The molecule has 1 rings (SSSR count). The zero-order valence-electron chi connectivity index (χ0n) is 16.2. The van der Waals surface area contributed by atoms with Gasteiger partial charge in [0.2, 0.25) is 5.91 Å². The summed E-state index contributed by atoms with van der Waals surface area (Å²) in [6.45, 7) is 13.6. The van der Waals surface area contributed by atoms with E-state index in [1.54, 1.807) is 0 Å². The molecule has 0 aliphatic heterocycles. The Hall–Kier alpha value is -0.530.